The molecule has 1 aromatic rings. The maximum atomic E-state index is 12.5. The highest BCUT2D eigenvalue weighted by molar-refractivity contribution is 5.33. The smallest absolute Gasteiger partial charge is 0.125 e. The summed E-state index contributed by atoms with van der Waals surface area (Å²) in [5.74, 6) is 0.677. The van der Waals surface area contributed by atoms with Gasteiger partial charge in [0.05, 0.1) is 0 Å². The Kier molecular flexibility index (Phi) is 2.45. The molecule has 0 radical (unpaired) electrons. The van der Waals surface area contributed by atoms with E-state index >= 15 is 0 Å². The summed E-state index contributed by atoms with van der Waals surface area (Å²) in [7, 11) is 0. The van der Waals surface area contributed by atoms with Crippen LogP contribution in [0.4, 0.5) is 4.39 Å². The van der Waals surface area contributed by atoms with E-state index in [1.165, 1.54) is 0 Å². The predicted molar refractivity (Wildman–Crippen MR) is 48.5 cm³/mol. The molecule has 0 atom stereocenters. The normalized spacial score (nSPS) is 16.7. The van der Waals surface area contributed by atoms with Crippen molar-refractivity contribution < 1.29 is 9.13 Å². The molecular formula is C10H12FNO. The van der Waals surface area contributed by atoms with E-state index < -0.39 is 6.67 Å². The van der Waals surface area contributed by atoms with Crippen LogP contribution >= 0.6 is 0 Å². The van der Waals surface area contributed by atoms with Crippen molar-refractivity contribution in [2.45, 2.75) is 12.8 Å². The Bertz CT molecular complexity index is 286. The molecule has 2 nitrogen and oxygen atoms in total. The minimum absolute atomic E-state index is 0.215. The molecule has 0 amide bonds. The fourth-order valence-electron chi connectivity index (χ4n) is 1.25. The van der Waals surface area contributed by atoms with Crippen LogP contribution in [-0.4, -0.2) is 19.2 Å². The van der Waals surface area contributed by atoms with Crippen molar-refractivity contribution in [3.05, 3.63) is 29.8 Å². The van der Waals surface area contributed by atoms with Gasteiger partial charge in [0.15, 0.2) is 0 Å². The molecule has 0 aliphatic carbocycles. The average Bonchev–Trinajstić information content (AvgIpc) is 2.12. The summed E-state index contributed by atoms with van der Waals surface area (Å²) in [5, 5.41) is 3.10. The number of benzene rings is 1. The fraction of sp³-hybridized carbons (Fsp3) is 0.400. The molecule has 1 aliphatic rings. The van der Waals surface area contributed by atoms with Gasteiger partial charge < -0.3 is 10.1 Å². The second-order valence-corrected chi connectivity index (χ2v) is 3.14. The summed E-state index contributed by atoms with van der Waals surface area (Å²) in [4.78, 5) is 0. The summed E-state index contributed by atoms with van der Waals surface area (Å²) in [6, 6.07) is 7.25. The lowest BCUT2D eigenvalue weighted by molar-refractivity contribution is 0.140. The van der Waals surface area contributed by atoms with E-state index in [1.807, 2.05) is 18.2 Å². The zero-order valence-corrected chi connectivity index (χ0v) is 7.29. The number of alkyl halides is 1. The van der Waals surface area contributed by atoms with Crippen molar-refractivity contribution in [1.29, 1.82) is 0 Å². The van der Waals surface area contributed by atoms with Gasteiger partial charge in [-0.3, -0.25) is 0 Å². The fourth-order valence-corrected chi connectivity index (χ4v) is 1.25. The van der Waals surface area contributed by atoms with Gasteiger partial charge in [0.1, 0.15) is 18.5 Å². The number of nitrogens with one attached hydrogen (secondary N) is 1. The molecule has 1 aliphatic heterocycles. The summed E-state index contributed by atoms with van der Waals surface area (Å²) < 4.78 is 18.0. The van der Waals surface area contributed by atoms with Crippen LogP contribution in [-0.2, 0) is 6.67 Å². The number of ether oxygens (including phenoxy) is 1. The van der Waals surface area contributed by atoms with Crippen molar-refractivity contribution in [2.75, 3.05) is 13.1 Å². The zero-order chi connectivity index (χ0) is 9.10. The summed E-state index contributed by atoms with van der Waals surface area (Å²) in [5.41, 5.74) is 0.634. The summed E-state index contributed by atoms with van der Waals surface area (Å²) in [6.07, 6.45) is 0.215. The third kappa shape index (κ3) is 1.80. The molecule has 1 heterocycles. The number of rotatable bonds is 3. The molecule has 70 valence electrons. The molecule has 1 saturated heterocycles. The molecule has 1 N–H and O–H groups in total. The third-order valence-corrected chi connectivity index (χ3v) is 2.15. The molecule has 0 aromatic heterocycles. The highest BCUT2D eigenvalue weighted by Gasteiger charge is 2.19. The Labute approximate surface area is 76.7 Å². The molecule has 0 saturated carbocycles. The van der Waals surface area contributed by atoms with E-state index in [9.17, 15) is 4.39 Å². The molecule has 1 fully saturated rings. The van der Waals surface area contributed by atoms with Crippen molar-refractivity contribution in [3.8, 4) is 5.75 Å². The van der Waals surface area contributed by atoms with Crippen LogP contribution in [0.1, 0.15) is 5.56 Å². The van der Waals surface area contributed by atoms with E-state index in [0.29, 0.717) is 11.3 Å². The highest BCUT2D eigenvalue weighted by Crippen LogP contribution is 2.20. The van der Waals surface area contributed by atoms with E-state index in [0.717, 1.165) is 13.1 Å². The Hall–Kier alpha value is -1.09. The van der Waals surface area contributed by atoms with Crippen LogP contribution in [0.15, 0.2) is 24.3 Å². The van der Waals surface area contributed by atoms with Crippen LogP contribution in [0.25, 0.3) is 0 Å². The van der Waals surface area contributed by atoms with Crippen LogP contribution in [0.2, 0.25) is 0 Å². The van der Waals surface area contributed by atoms with Crippen molar-refractivity contribution in [1.82, 2.24) is 5.32 Å². The van der Waals surface area contributed by atoms with Gasteiger partial charge in [-0.2, -0.15) is 0 Å². The lowest BCUT2D eigenvalue weighted by Gasteiger charge is -2.28. The Morgan fingerprint density at radius 2 is 2.15 bits per heavy atom. The first kappa shape index (κ1) is 8.51. The van der Waals surface area contributed by atoms with E-state index in [-0.39, 0.29) is 6.10 Å². The van der Waals surface area contributed by atoms with Crippen LogP contribution in [0.3, 0.4) is 0 Å². The molecule has 0 spiro atoms. The molecular weight excluding hydrogens is 169 g/mol. The summed E-state index contributed by atoms with van der Waals surface area (Å²) in [6.45, 7) is 1.26. The number of halogens is 1. The number of para-hydroxylation sites is 1. The molecule has 2 rings (SSSR count). The lowest BCUT2D eigenvalue weighted by Crippen LogP contribution is -2.50. The highest BCUT2D eigenvalue weighted by atomic mass is 19.1. The summed E-state index contributed by atoms with van der Waals surface area (Å²) >= 11 is 0. The molecule has 13 heavy (non-hydrogen) atoms. The van der Waals surface area contributed by atoms with Crippen LogP contribution in [0.5, 0.6) is 5.75 Å². The van der Waals surface area contributed by atoms with Crippen LogP contribution in [0, 0.1) is 0 Å². The Morgan fingerprint density at radius 1 is 1.38 bits per heavy atom. The second kappa shape index (κ2) is 3.75. The lowest BCUT2D eigenvalue weighted by atomic mass is 10.2. The van der Waals surface area contributed by atoms with Crippen molar-refractivity contribution >= 4 is 0 Å². The van der Waals surface area contributed by atoms with Gasteiger partial charge in [-0.15, -0.1) is 0 Å². The van der Waals surface area contributed by atoms with Gasteiger partial charge >= 0.3 is 0 Å². The second-order valence-electron chi connectivity index (χ2n) is 3.14. The molecule has 0 bridgehead atoms. The van der Waals surface area contributed by atoms with Gasteiger partial charge in [0.2, 0.25) is 0 Å². The Balaban J connectivity index is 2.08. The third-order valence-electron chi connectivity index (χ3n) is 2.15. The first-order chi connectivity index (χ1) is 6.40. The SMILES string of the molecule is FCc1ccccc1OC1CNC1. The first-order valence-electron chi connectivity index (χ1n) is 4.41. The molecule has 3 heteroatoms. The van der Waals surface area contributed by atoms with Crippen molar-refractivity contribution in [2.24, 2.45) is 0 Å². The number of hydrogen-bond acceptors (Lipinski definition) is 2. The standard InChI is InChI=1S/C10H12FNO/c11-5-8-3-1-2-4-10(8)13-9-6-12-7-9/h1-4,9,12H,5-7H2. The maximum Gasteiger partial charge on any atom is 0.125 e. The molecule has 0 unspecified atom stereocenters. The number of hydrogen-bond donors (Lipinski definition) is 1. The zero-order valence-electron chi connectivity index (χ0n) is 7.29. The monoisotopic (exact) mass is 181 g/mol. The van der Waals surface area contributed by atoms with Gasteiger partial charge in [-0.25, -0.2) is 4.39 Å². The minimum atomic E-state index is -0.462. The van der Waals surface area contributed by atoms with Gasteiger partial charge in [0.25, 0.3) is 0 Å². The average molecular weight is 181 g/mol. The van der Waals surface area contributed by atoms with E-state index in [1.54, 1.807) is 6.07 Å². The van der Waals surface area contributed by atoms with Gasteiger partial charge in [-0.1, -0.05) is 18.2 Å². The first-order valence-corrected chi connectivity index (χ1v) is 4.41. The largest absolute Gasteiger partial charge is 0.487 e. The predicted octanol–water partition coefficient (Wildman–Crippen LogP) is 1.51. The van der Waals surface area contributed by atoms with Crippen LogP contribution < -0.4 is 10.1 Å². The Morgan fingerprint density at radius 3 is 2.77 bits per heavy atom. The van der Waals surface area contributed by atoms with E-state index in [4.69, 9.17) is 4.74 Å². The van der Waals surface area contributed by atoms with Crippen molar-refractivity contribution in [3.63, 3.8) is 0 Å². The molecule has 1 aromatic carbocycles. The maximum absolute atomic E-state index is 12.5. The van der Waals surface area contributed by atoms with Gasteiger partial charge in [-0.05, 0) is 6.07 Å². The van der Waals surface area contributed by atoms with E-state index in [2.05, 4.69) is 5.32 Å². The quantitative estimate of drug-likeness (QED) is 0.763. The topological polar surface area (TPSA) is 21.3 Å². The minimum Gasteiger partial charge on any atom is -0.487 e. The van der Waals surface area contributed by atoms with Gasteiger partial charge in [0, 0.05) is 18.7 Å².